The van der Waals surface area contributed by atoms with Crippen molar-refractivity contribution in [1.82, 2.24) is 5.32 Å². The number of nitro benzene ring substituents is 1. The van der Waals surface area contributed by atoms with Crippen molar-refractivity contribution in [1.29, 1.82) is 0 Å². The number of rotatable bonds is 5. The Labute approximate surface area is 170 Å². The fourth-order valence-electron chi connectivity index (χ4n) is 2.74. The number of nitrogens with zero attached hydrogens (tertiary/aromatic N) is 2. The van der Waals surface area contributed by atoms with Gasteiger partial charge in [0, 0.05) is 23.8 Å². The number of nitrogens with one attached hydrogen (secondary N) is 1. The number of furan rings is 1. The first-order chi connectivity index (χ1) is 14.1. The second-order valence-corrected chi connectivity index (χ2v) is 7.21. The highest BCUT2D eigenvalue weighted by Gasteiger charge is 2.24. The molecule has 0 aliphatic carbocycles. The maximum absolute atomic E-state index is 12.2. The first-order valence-corrected chi connectivity index (χ1v) is 9.54. The van der Waals surface area contributed by atoms with Gasteiger partial charge in [0.15, 0.2) is 5.17 Å². The maximum atomic E-state index is 12.2. The number of non-ortho nitro benzene ring substituents is 1. The molecule has 1 saturated heterocycles. The molecule has 0 atom stereocenters. The lowest BCUT2D eigenvalue weighted by Crippen LogP contribution is -2.19. The van der Waals surface area contributed by atoms with Gasteiger partial charge in [-0.25, -0.2) is 0 Å². The van der Waals surface area contributed by atoms with Crippen LogP contribution in [0.4, 0.5) is 5.69 Å². The Morgan fingerprint density at radius 2 is 1.93 bits per heavy atom. The zero-order chi connectivity index (χ0) is 20.2. The van der Waals surface area contributed by atoms with Crippen LogP contribution < -0.4 is 5.32 Å². The molecule has 1 fully saturated rings. The topological polar surface area (TPSA) is 97.7 Å². The van der Waals surface area contributed by atoms with Crippen LogP contribution in [0, 0.1) is 10.1 Å². The molecule has 1 aliphatic rings. The summed E-state index contributed by atoms with van der Waals surface area (Å²) in [5.74, 6) is 0.727. The summed E-state index contributed by atoms with van der Waals surface area (Å²) in [6, 6.07) is 19.4. The fourth-order valence-corrected chi connectivity index (χ4v) is 3.54. The Kier molecular flexibility index (Phi) is 5.26. The Morgan fingerprint density at radius 3 is 2.72 bits per heavy atom. The molecular weight excluding hydrogens is 390 g/mol. The van der Waals surface area contributed by atoms with Crippen LogP contribution in [0.15, 0.2) is 81.0 Å². The van der Waals surface area contributed by atoms with Crippen LogP contribution in [0.25, 0.3) is 17.4 Å². The molecule has 1 aromatic heterocycles. The average molecular weight is 405 g/mol. The third kappa shape index (κ3) is 4.44. The minimum absolute atomic E-state index is 0.0104. The van der Waals surface area contributed by atoms with Crippen LogP contribution >= 0.6 is 11.8 Å². The normalized spacial score (nSPS) is 16.3. The van der Waals surface area contributed by atoms with Crippen molar-refractivity contribution >= 4 is 34.6 Å². The number of amidine groups is 1. The summed E-state index contributed by atoms with van der Waals surface area (Å²) < 4.78 is 5.75. The van der Waals surface area contributed by atoms with Crippen molar-refractivity contribution < 1.29 is 14.1 Å². The van der Waals surface area contributed by atoms with Crippen LogP contribution in [0.5, 0.6) is 0 Å². The second-order valence-electron chi connectivity index (χ2n) is 6.18. The predicted molar refractivity (Wildman–Crippen MR) is 112 cm³/mol. The highest BCUT2D eigenvalue weighted by molar-refractivity contribution is 8.18. The van der Waals surface area contributed by atoms with E-state index in [1.165, 1.54) is 23.9 Å². The molecule has 0 bridgehead atoms. The van der Waals surface area contributed by atoms with Crippen LogP contribution in [0.2, 0.25) is 0 Å². The van der Waals surface area contributed by atoms with Crippen LogP contribution in [0.3, 0.4) is 0 Å². The zero-order valence-electron chi connectivity index (χ0n) is 15.1. The third-order valence-electron chi connectivity index (χ3n) is 4.14. The van der Waals surface area contributed by atoms with E-state index in [1.54, 1.807) is 30.3 Å². The lowest BCUT2D eigenvalue weighted by Gasteiger charge is -1.97. The van der Waals surface area contributed by atoms with E-state index in [1.807, 2.05) is 30.3 Å². The molecule has 144 valence electrons. The van der Waals surface area contributed by atoms with Crippen molar-refractivity contribution in [2.24, 2.45) is 4.99 Å². The van der Waals surface area contributed by atoms with Crippen molar-refractivity contribution in [3.8, 4) is 11.3 Å². The molecule has 1 aliphatic heterocycles. The van der Waals surface area contributed by atoms with Gasteiger partial charge < -0.3 is 9.73 Å². The number of aliphatic imine (C=N–C) groups is 1. The number of hydrogen-bond acceptors (Lipinski definition) is 6. The molecule has 0 radical (unpaired) electrons. The van der Waals surface area contributed by atoms with Gasteiger partial charge in [0.25, 0.3) is 11.6 Å². The summed E-state index contributed by atoms with van der Waals surface area (Å²) in [5.41, 5.74) is 1.64. The Balaban J connectivity index is 1.49. The van der Waals surface area contributed by atoms with Crippen LogP contribution in [-0.4, -0.2) is 16.0 Å². The van der Waals surface area contributed by atoms with E-state index in [-0.39, 0.29) is 11.6 Å². The number of thioether (sulfide) groups is 1. The molecule has 8 heteroatoms. The molecule has 29 heavy (non-hydrogen) atoms. The molecule has 2 aromatic carbocycles. The predicted octanol–water partition coefficient (Wildman–Crippen LogP) is 4.61. The Hall–Kier alpha value is -3.65. The largest absolute Gasteiger partial charge is 0.457 e. The van der Waals surface area contributed by atoms with E-state index < -0.39 is 4.92 Å². The molecular formula is C21H15N3O4S. The van der Waals surface area contributed by atoms with Crippen molar-refractivity contribution in [3.63, 3.8) is 0 Å². The van der Waals surface area contributed by atoms with Gasteiger partial charge in [-0.2, -0.15) is 0 Å². The quantitative estimate of drug-likeness (QED) is 0.380. The fraction of sp³-hybridized carbons (Fsp3) is 0.0476. The van der Waals surface area contributed by atoms with Crippen molar-refractivity contribution in [2.45, 2.75) is 6.54 Å². The van der Waals surface area contributed by atoms with Crippen molar-refractivity contribution in [3.05, 3.63) is 93.1 Å². The molecule has 3 aromatic rings. The van der Waals surface area contributed by atoms with Gasteiger partial charge in [-0.3, -0.25) is 19.9 Å². The summed E-state index contributed by atoms with van der Waals surface area (Å²) in [4.78, 5) is 27.6. The standard InChI is InChI=1S/C21H15N3O4S/c25-20-19(29-21(23-20)22-13-14-5-2-1-3-6-14)12-17-9-10-18(28-17)15-7-4-8-16(11-15)24(26)27/h1-12H,13H2,(H,22,23,25)/b19-12-. The molecule has 4 rings (SSSR count). The van der Waals surface area contributed by atoms with Gasteiger partial charge in [-0.15, -0.1) is 0 Å². The molecule has 2 heterocycles. The van der Waals surface area contributed by atoms with E-state index in [0.717, 1.165) is 5.56 Å². The Bertz CT molecular complexity index is 1140. The third-order valence-corrected chi connectivity index (χ3v) is 5.09. The zero-order valence-corrected chi connectivity index (χ0v) is 15.9. The van der Waals surface area contributed by atoms with E-state index in [0.29, 0.717) is 33.7 Å². The summed E-state index contributed by atoms with van der Waals surface area (Å²) in [6.45, 7) is 0.481. The summed E-state index contributed by atoms with van der Waals surface area (Å²) in [6.07, 6.45) is 1.63. The SMILES string of the molecule is O=C1NC(=NCc2ccccc2)S/C1=C\c1ccc(-c2cccc([N+](=O)[O-])c2)o1. The number of carbonyl (C=O) groups is 1. The minimum atomic E-state index is -0.453. The number of hydrogen-bond donors (Lipinski definition) is 1. The van der Waals surface area contributed by atoms with Gasteiger partial charge >= 0.3 is 0 Å². The summed E-state index contributed by atoms with van der Waals surface area (Å²) >= 11 is 1.25. The van der Waals surface area contributed by atoms with Crippen LogP contribution in [-0.2, 0) is 11.3 Å². The summed E-state index contributed by atoms with van der Waals surface area (Å²) in [5, 5.41) is 14.2. The number of nitro groups is 1. The van der Waals surface area contributed by atoms with Gasteiger partial charge in [-0.05, 0) is 29.5 Å². The molecule has 0 spiro atoms. The van der Waals surface area contributed by atoms with Gasteiger partial charge in [0.1, 0.15) is 11.5 Å². The van der Waals surface area contributed by atoms with E-state index >= 15 is 0 Å². The highest BCUT2D eigenvalue weighted by atomic mass is 32.2. The molecule has 7 nitrogen and oxygen atoms in total. The molecule has 1 amide bonds. The minimum Gasteiger partial charge on any atom is -0.457 e. The van der Waals surface area contributed by atoms with Crippen molar-refractivity contribution in [2.75, 3.05) is 0 Å². The smallest absolute Gasteiger partial charge is 0.270 e. The number of carbonyl (C=O) groups excluding carboxylic acids is 1. The highest BCUT2D eigenvalue weighted by Crippen LogP contribution is 2.30. The molecule has 0 unspecified atom stereocenters. The lowest BCUT2D eigenvalue weighted by atomic mass is 10.1. The number of benzene rings is 2. The molecule has 0 saturated carbocycles. The van der Waals surface area contributed by atoms with Gasteiger partial charge in [-0.1, -0.05) is 42.5 Å². The van der Waals surface area contributed by atoms with Crippen LogP contribution in [0.1, 0.15) is 11.3 Å². The maximum Gasteiger partial charge on any atom is 0.270 e. The van der Waals surface area contributed by atoms with E-state index in [2.05, 4.69) is 10.3 Å². The monoisotopic (exact) mass is 405 g/mol. The number of amides is 1. The average Bonchev–Trinajstić information content (AvgIpc) is 3.34. The summed E-state index contributed by atoms with van der Waals surface area (Å²) in [7, 11) is 0. The van der Waals surface area contributed by atoms with E-state index in [9.17, 15) is 14.9 Å². The Morgan fingerprint density at radius 1 is 1.10 bits per heavy atom. The first kappa shape index (κ1) is 18.7. The van der Waals surface area contributed by atoms with Gasteiger partial charge in [0.2, 0.25) is 0 Å². The van der Waals surface area contributed by atoms with E-state index in [4.69, 9.17) is 4.42 Å². The first-order valence-electron chi connectivity index (χ1n) is 8.72. The second kappa shape index (κ2) is 8.15. The van der Waals surface area contributed by atoms with Gasteiger partial charge in [0.05, 0.1) is 16.4 Å². The lowest BCUT2D eigenvalue weighted by molar-refractivity contribution is -0.384. The molecule has 1 N–H and O–H groups in total.